The van der Waals surface area contributed by atoms with Crippen LogP contribution in [0.2, 0.25) is 0 Å². The standard InChI is InChI=1S/C24H22N2O2S/c1-16-22(15-23(27)26-19-10-6-11-20(14-19)28-2)29-24(25-16)13-18-9-5-8-17-7-3-4-12-21(17)18/h3-12,14H,13,15H2,1-2H3,(H,26,27). The molecule has 1 amide bonds. The van der Waals surface area contributed by atoms with E-state index in [1.54, 1.807) is 18.4 Å². The molecule has 29 heavy (non-hydrogen) atoms. The predicted octanol–water partition coefficient (Wildman–Crippen LogP) is 5.39. The average Bonchev–Trinajstić information content (AvgIpc) is 3.07. The van der Waals surface area contributed by atoms with Gasteiger partial charge in [-0.2, -0.15) is 0 Å². The fourth-order valence-electron chi connectivity index (χ4n) is 3.39. The minimum atomic E-state index is -0.0540. The minimum absolute atomic E-state index is 0.0540. The van der Waals surface area contributed by atoms with Crippen molar-refractivity contribution in [3.8, 4) is 5.75 Å². The van der Waals surface area contributed by atoms with Crippen LogP contribution in [0.4, 0.5) is 5.69 Å². The van der Waals surface area contributed by atoms with E-state index in [9.17, 15) is 4.79 Å². The largest absolute Gasteiger partial charge is 0.497 e. The highest BCUT2D eigenvalue weighted by molar-refractivity contribution is 7.11. The molecule has 1 heterocycles. The van der Waals surface area contributed by atoms with Gasteiger partial charge in [0.1, 0.15) is 5.75 Å². The second kappa shape index (κ2) is 8.45. The van der Waals surface area contributed by atoms with Crippen molar-refractivity contribution in [2.75, 3.05) is 12.4 Å². The Morgan fingerprint density at radius 1 is 1.07 bits per heavy atom. The van der Waals surface area contributed by atoms with Crippen molar-refractivity contribution in [2.24, 2.45) is 0 Å². The number of carbonyl (C=O) groups is 1. The first-order valence-corrected chi connectivity index (χ1v) is 10.3. The molecule has 146 valence electrons. The third kappa shape index (κ3) is 4.46. The van der Waals surface area contributed by atoms with Gasteiger partial charge >= 0.3 is 0 Å². The van der Waals surface area contributed by atoms with Crippen LogP contribution in [0.1, 0.15) is 21.1 Å². The molecule has 1 aromatic heterocycles. The molecule has 4 nitrogen and oxygen atoms in total. The van der Waals surface area contributed by atoms with E-state index < -0.39 is 0 Å². The zero-order valence-corrected chi connectivity index (χ0v) is 17.3. The molecule has 0 radical (unpaired) electrons. The van der Waals surface area contributed by atoms with Gasteiger partial charge in [0.2, 0.25) is 5.91 Å². The van der Waals surface area contributed by atoms with Gasteiger partial charge in [-0.15, -0.1) is 11.3 Å². The number of aromatic nitrogens is 1. The summed E-state index contributed by atoms with van der Waals surface area (Å²) in [6.07, 6.45) is 1.08. The van der Waals surface area contributed by atoms with Gasteiger partial charge in [-0.25, -0.2) is 4.98 Å². The average molecular weight is 403 g/mol. The summed E-state index contributed by atoms with van der Waals surface area (Å²) in [5.74, 6) is 0.663. The van der Waals surface area contributed by atoms with Crippen molar-refractivity contribution in [3.05, 3.63) is 87.9 Å². The monoisotopic (exact) mass is 402 g/mol. The van der Waals surface area contributed by atoms with Gasteiger partial charge in [0, 0.05) is 23.1 Å². The summed E-state index contributed by atoms with van der Waals surface area (Å²) in [6, 6.07) is 22.1. The number of anilines is 1. The van der Waals surface area contributed by atoms with E-state index in [4.69, 9.17) is 9.72 Å². The van der Waals surface area contributed by atoms with Gasteiger partial charge in [-0.1, -0.05) is 48.5 Å². The van der Waals surface area contributed by atoms with Gasteiger partial charge < -0.3 is 10.1 Å². The lowest BCUT2D eigenvalue weighted by molar-refractivity contribution is -0.115. The molecule has 3 aromatic carbocycles. The van der Waals surface area contributed by atoms with Gasteiger partial charge in [0.25, 0.3) is 0 Å². The first-order valence-electron chi connectivity index (χ1n) is 9.48. The number of carbonyl (C=O) groups excluding carboxylic acids is 1. The Balaban J connectivity index is 1.48. The van der Waals surface area contributed by atoms with Crippen molar-refractivity contribution < 1.29 is 9.53 Å². The molecule has 4 aromatic rings. The van der Waals surface area contributed by atoms with Crippen LogP contribution in [0, 0.1) is 6.92 Å². The molecule has 0 bridgehead atoms. The maximum atomic E-state index is 12.5. The number of rotatable bonds is 6. The number of benzene rings is 3. The Morgan fingerprint density at radius 2 is 1.86 bits per heavy atom. The second-order valence-electron chi connectivity index (χ2n) is 6.89. The van der Waals surface area contributed by atoms with Crippen molar-refractivity contribution in [1.82, 2.24) is 4.98 Å². The van der Waals surface area contributed by atoms with Gasteiger partial charge in [0.15, 0.2) is 0 Å². The van der Waals surface area contributed by atoms with Crippen molar-refractivity contribution in [3.63, 3.8) is 0 Å². The summed E-state index contributed by atoms with van der Waals surface area (Å²) in [7, 11) is 1.61. The molecule has 0 saturated heterocycles. The second-order valence-corrected chi connectivity index (χ2v) is 8.06. The molecule has 0 saturated carbocycles. The van der Waals surface area contributed by atoms with Gasteiger partial charge in [0.05, 0.1) is 24.2 Å². The summed E-state index contributed by atoms with van der Waals surface area (Å²) in [4.78, 5) is 18.2. The Hall–Kier alpha value is -3.18. The topological polar surface area (TPSA) is 51.2 Å². The Bertz CT molecular complexity index is 1160. The van der Waals surface area contributed by atoms with Crippen molar-refractivity contribution in [1.29, 1.82) is 0 Å². The van der Waals surface area contributed by atoms with E-state index in [-0.39, 0.29) is 5.91 Å². The fourth-order valence-corrected chi connectivity index (χ4v) is 4.48. The SMILES string of the molecule is COc1cccc(NC(=O)Cc2sc(Cc3cccc4ccccc34)nc2C)c1. The quantitative estimate of drug-likeness (QED) is 0.471. The normalized spacial score (nSPS) is 10.8. The third-order valence-corrected chi connectivity index (χ3v) is 5.99. The lowest BCUT2D eigenvalue weighted by Gasteiger charge is -2.06. The highest BCUT2D eigenvalue weighted by Crippen LogP contribution is 2.26. The molecule has 1 N–H and O–H groups in total. The van der Waals surface area contributed by atoms with Crippen LogP contribution in [0.25, 0.3) is 10.8 Å². The predicted molar refractivity (Wildman–Crippen MR) is 119 cm³/mol. The molecule has 4 rings (SSSR count). The molecule has 0 unspecified atom stereocenters. The van der Waals surface area contributed by atoms with Crippen molar-refractivity contribution in [2.45, 2.75) is 19.8 Å². The van der Waals surface area contributed by atoms with E-state index in [0.717, 1.165) is 27.7 Å². The molecule has 0 fully saturated rings. The third-order valence-electron chi connectivity index (χ3n) is 4.83. The number of amides is 1. The number of fused-ring (bicyclic) bond motifs is 1. The fraction of sp³-hybridized carbons (Fsp3) is 0.167. The number of ether oxygens (including phenoxy) is 1. The van der Waals surface area contributed by atoms with E-state index in [2.05, 4.69) is 47.8 Å². The van der Waals surface area contributed by atoms with Gasteiger partial charge in [-0.3, -0.25) is 4.79 Å². The van der Waals surface area contributed by atoms with Crippen LogP contribution in [0.5, 0.6) is 5.75 Å². The summed E-state index contributed by atoms with van der Waals surface area (Å²) >= 11 is 1.61. The number of nitrogens with one attached hydrogen (secondary N) is 1. The molecular weight excluding hydrogens is 380 g/mol. The number of aryl methyl sites for hydroxylation is 1. The van der Waals surface area contributed by atoms with Crippen LogP contribution >= 0.6 is 11.3 Å². The number of thiazole rings is 1. The number of methoxy groups -OCH3 is 1. The number of nitrogens with zero attached hydrogens (tertiary/aromatic N) is 1. The lowest BCUT2D eigenvalue weighted by atomic mass is 10.0. The summed E-state index contributed by atoms with van der Waals surface area (Å²) in [6.45, 7) is 1.97. The van der Waals surface area contributed by atoms with E-state index in [1.165, 1.54) is 16.3 Å². The van der Waals surface area contributed by atoms with Crippen LogP contribution < -0.4 is 10.1 Å². The lowest BCUT2D eigenvalue weighted by Crippen LogP contribution is -2.14. The van der Waals surface area contributed by atoms with Crippen LogP contribution in [0.15, 0.2) is 66.7 Å². The molecule has 0 aliphatic heterocycles. The van der Waals surface area contributed by atoms with Crippen LogP contribution in [0.3, 0.4) is 0 Å². The molecule has 0 aliphatic rings. The van der Waals surface area contributed by atoms with E-state index >= 15 is 0 Å². The summed E-state index contributed by atoms with van der Waals surface area (Å²) in [5.41, 5.74) is 2.91. The molecule has 5 heteroatoms. The smallest absolute Gasteiger partial charge is 0.229 e. The first kappa shape index (κ1) is 19.2. The van der Waals surface area contributed by atoms with E-state index in [1.807, 2.05) is 31.2 Å². The summed E-state index contributed by atoms with van der Waals surface area (Å²) < 4.78 is 5.21. The zero-order valence-electron chi connectivity index (χ0n) is 16.4. The minimum Gasteiger partial charge on any atom is -0.497 e. The Labute approximate surface area is 174 Å². The number of hydrogen-bond acceptors (Lipinski definition) is 4. The van der Waals surface area contributed by atoms with Gasteiger partial charge in [-0.05, 0) is 35.4 Å². The summed E-state index contributed by atoms with van der Waals surface area (Å²) in [5, 5.41) is 6.45. The molecule has 0 aliphatic carbocycles. The zero-order chi connectivity index (χ0) is 20.2. The maximum absolute atomic E-state index is 12.5. The Kier molecular flexibility index (Phi) is 5.58. The Morgan fingerprint density at radius 3 is 2.72 bits per heavy atom. The highest BCUT2D eigenvalue weighted by atomic mass is 32.1. The first-order chi connectivity index (χ1) is 14.1. The molecule has 0 spiro atoms. The molecule has 0 atom stereocenters. The van der Waals surface area contributed by atoms with Crippen molar-refractivity contribution >= 4 is 33.7 Å². The highest BCUT2D eigenvalue weighted by Gasteiger charge is 2.13. The van der Waals surface area contributed by atoms with Crippen LogP contribution in [-0.4, -0.2) is 18.0 Å². The number of hydrogen-bond donors (Lipinski definition) is 1. The maximum Gasteiger partial charge on any atom is 0.229 e. The van der Waals surface area contributed by atoms with Crippen LogP contribution in [-0.2, 0) is 17.6 Å². The van der Waals surface area contributed by atoms with E-state index in [0.29, 0.717) is 12.2 Å². The molecular formula is C24H22N2O2S.